The Hall–Kier alpha value is -1.10. The van der Waals surface area contributed by atoms with E-state index in [-0.39, 0.29) is 11.8 Å². The van der Waals surface area contributed by atoms with Gasteiger partial charge in [0.25, 0.3) is 0 Å². The van der Waals surface area contributed by atoms with Crippen molar-refractivity contribution < 1.29 is 14.3 Å². The van der Waals surface area contributed by atoms with E-state index in [9.17, 15) is 9.59 Å². The zero-order valence-corrected chi connectivity index (χ0v) is 12.7. The van der Waals surface area contributed by atoms with E-state index < -0.39 is 0 Å². The zero-order valence-electron chi connectivity index (χ0n) is 12.7. The van der Waals surface area contributed by atoms with Crippen molar-refractivity contribution in [1.29, 1.82) is 0 Å². The van der Waals surface area contributed by atoms with Crippen molar-refractivity contribution >= 4 is 11.8 Å². The minimum atomic E-state index is -0.00750. The number of hydrogen-bond acceptors (Lipinski definition) is 3. The maximum atomic E-state index is 11.6. The SMILES string of the molecule is COCCCNC(=O)CCN(CCC(C)C)C(C)=O. The fourth-order valence-corrected chi connectivity index (χ4v) is 1.61. The van der Waals surface area contributed by atoms with Gasteiger partial charge < -0.3 is 15.0 Å². The molecule has 0 aliphatic carbocycles. The molecule has 0 fully saturated rings. The number of rotatable bonds is 10. The van der Waals surface area contributed by atoms with Crippen LogP contribution in [0.15, 0.2) is 0 Å². The molecular formula is C14H28N2O3. The van der Waals surface area contributed by atoms with E-state index in [2.05, 4.69) is 19.2 Å². The summed E-state index contributed by atoms with van der Waals surface area (Å²) in [6, 6.07) is 0. The van der Waals surface area contributed by atoms with Gasteiger partial charge in [-0.3, -0.25) is 9.59 Å². The van der Waals surface area contributed by atoms with Crippen molar-refractivity contribution in [1.82, 2.24) is 10.2 Å². The van der Waals surface area contributed by atoms with Crippen molar-refractivity contribution in [3.63, 3.8) is 0 Å². The van der Waals surface area contributed by atoms with Gasteiger partial charge in [-0.25, -0.2) is 0 Å². The van der Waals surface area contributed by atoms with Gasteiger partial charge in [0.05, 0.1) is 0 Å². The number of amides is 2. The lowest BCUT2D eigenvalue weighted by Gasteiger charge is -2.21. The Morgan fingerprint density at radius 3 is 2.47 bits per heavy atom. The Morgan fingerprint density at radius 2 is 1.95 bits per heavy atom. The summed E-state index contributed by atoms with van der Waals surface area (Å²) in [7, 11) is 1.64. The summed E-state index contributed by atoms with van der Waals surface area (Å²) in [5, 5.41) is 2.82. The monoisotopic (exact) mass is 272 g/mol. The first kappa shape index (κ1) is 17.9. The summed E-state index contributed by atoms with van der Waals surface area (Å²) >= 11 is 0. The quantitative estimate of drug-likeness (QED) is 0.612. The Kier molecular flexibility index (Phi) is 10.2. The predicted molar refractivity (Wildman–Crippen MR) is 75.8 cm³/mol. The van der Waals surface area contributed by atoms with Crippen molar-refractivity contribution in [2.45, 2.75) is 40.0 Å². The van der Waals surface area contributed by atoms with E-state index in [0.717, 1.165) is 19.4 Å². The van der Waals surface area contributed by atoms with Crippen molar-refractivity contribution in [2.24, 2.45) is 5.92 Å². The van der Waals surface area contributed by atoms with E-state index in [0.29, 0.717) is 32.0 Å². The standard InChI is InChI=1S/C14H28N2O3/c1-12(2)6-9-16(13(3)17)10-7-14(18)15-8-5-11-19-4/h12H,5-11H2,1-4H3,(H,15,18). The molecule has 0 aromatic carbocycles. The van der Waals surface area contributed by atoms with Crippen molar-refractivity contribution in [3.8, 4) is 0 Å². The van der Waals surface area contributed by atoms with Gasteiger partial charge in [-0.15, -0.1) is 0 Å². The van der Waals surface area contributed by atoms with Crippen LogP contribution in [0.2, 0.25) is 0 Å². The molecule has 2 amide bonds. The van der Waals surface area contributed by atoms with Crippen LogP contribution in [0.4, 0.5) is 0 Å². The van der Waals surface area contributed by atoms with E-state index in [1.807, 2.05) is 0 Å². The molecule has 0 spiro atoms. The van der Waals surface area contributed by atoms with E-state index in [1.54, 1.807) is 18.9 Å². The van der Waals surface area contributed by atoms with Gasteiger partial charge >= 0.3 is 0 Å². The average molecular weight is 272 g/mol. The first-order valence-corrected chi connectivity index (χ1v) is 6.98. The third-order valence-corrected chi connectivity index (χ3v) is 2.88. The number of methoxy groups -OCH3 is 1. The molecule has 5 nitrogen and oxygen atoms in total. The summed E-state index contributed by atoms with van der Waals surface area (Å²) < 4.78 is 4.90. The molecule has 0 aromatic rings. The fourth-order valence-electron chi connectivity index (χ4n) is 1.61. The molecule has 0 unspecified atom stereocenters. The lowest BCUT2D eigenvalue weighted by molar-refractivity contribution is -0.129. The zero-order chi connectivity index (χ0) is 14.7. The molecule has 0 saturated heterocycles. The molecule has 0 saturated carbocycles. The third-order valence-electron chi connectivity index (χ3n) is 2.88. The fraction of sp³-hybridized carbons (Fsp3) is 0.857. The number of hydrogen-bond donors (Lipinski definition) is 1. The number of carbonyl (C=O) groups excluding carboxylic acids is 2. The van der Waals surface area contributed by atoms with Crippen LogP contribution < -0.4 is 5.32 Å². The predicted octanol–water partition coefficient (Wildman–Crippen LogP) is 1.42. The Morgan fingerprint density at radius 1 is 1.26 bits per heavy atom. The van der Waals surface area contributed by atoms with Crippen molar-refractivity contribution in [2.75, 3.05) is 33.4 Å². The second kappa shape index (κ2) is 10.8. The first-order chi connectivity index (χ1) is 8.97. The van der Waals surface area contributed by atoms with Gasteiger partial charge in [0.15, 0.2) is 0 Å². The molecule has 1 N–H and O–H groups in total. The average Bonchev–Trinajstić information content (AvgIpc) is 2.33. The Bertz CT molecular complexity index is 267. The summed E-state index contributed by atoms with van der Waals surface area (Å²) in [6.45, 7) is 8.30. The maximum absolute atomic E-state index is 11.6. The number of carbonyl (C=O) groups is 2. The van der Waals surface area contributed by atoms with E-state index in [1.165, 1.54) is 0 Å². The molecule has 0 heterocycles. The van der Waals surface area contributed by atoms with Crippen LogP contribution in [0.1, 0.15) is 40.0 Å². The van der Waals surface area contributed by atoms with Crippen LogP contribution >= 0.6 is 0 Å². The Labute approximate surface area is 116 Å². The minimum Gasteiger partial charge on any atom is -0.385 e. The van der Waals surface area contributed by atoms with E-state index in [4.69, 9.17) is 4.74 Å². The maximum Gasteiger partial charge on any atom is 0.221 e. The molecule has 0 aromatic heterocycles. The molecule has 5 heteroatoms. The molecule has 0 atom stereocenters. The highest BCUT2D eigenvalue weighted by Crippen LogP contribution is 2.03. The van der Waals surface area contributed by atoms with Gasteiger partial charge in [0.1, 0.15) is 0 Å². The molecule has 0 aliphatic rings. The van der Waals surface area contributed by atoms with Crippen molar-refractivity contribution in [3.05, 3.63) is 0 Å². The van der Waals surface area contributed by atoms with Gasteiger partial charge in [-0.05, 0) is 18.8 Å². The van der Waals surface area contributed by atoms with Gasteiger partial charge in [0, 0.05) is 46.7 Å². The van der Waals surface area contributed by atoms with Crippen LogP contribution in [0.3, 0.4) is 0 Å². The van der Waals surface area contributed by atoms with Crippen LogP contribution in [-0.4, -0.2) is 50.1 Å². The van der Waals surface area contributed by atoms with Gasteiger partial charge in [0.2, 0.25) is 11.8 Å². The summed E-state index contributed by atoms with van der Waals surface area (Å²) in [5.74, 6) is 0.587. The summed E-state index contributed by atoms with van der Waals surface area (Å²) in [6.07, 6.45) is 2.14. The lowest BCUT2D eigenvalue weighted by atomic mass is 10.1. The lowest BCUT2D eigenvalue weighted by Crippen LogP contribution is -2.35. The smallest absolute Gasteiger partial charge is 0.221 e. The minimum absolute atomic E-state index is 0.00750. The van der Waals surface area contributed by atoms with Crippen LogP contribution in [0.25, 0.3) is 0 Å². The number of nitrogens with one attached hydrogen (secondary N) is 1. The molecule has 0 radical (unpaired) electrons. The first-order valence-electron chi connectivity index (χ1n) is 6.98. The van der Waals surface area contributed by atoms with Crippen LogP contribution in [0.5, 0.6) is 0 Å². The molecule has 0 bridgehead atoms. The largest absolute Gasteiger partial charge is 0.385 e. The molecule has 112 valence electrons. The summed E-state index contributed by atoms with van der Waals surface area (Å²) in [4.78, 5) is 24.8. The Balaban J connectivity index is 3.84. The molecular weight excluding hydrogens is 244 g/mol. The van der Waals surface area contributed by atoms with Gasteiger partial charge in [-0.2, -0.15) is 0 Å². The highest BCUT2D eigenvalue weighted by Gasteiger charge is 2.11. The second-order valence-electron chi connectivity index (χ2n) is 5.13. The summed E-state index contributed by atoms with van der Waals surface area (Å²) in [5.41, 5.74) is 0. The van der Waals surface area contributed by atoms with Crippen LogP contribution in [-0.2, 0) is 14.3 Å². The highest BCUT2D eigenvalue weighted by atomic mass is 16.5. The van der Waals surface area contributed by atoms with Gasteiger partial charge in [-0.1, -0.05) is 13.8 Å². The topological polar surface area (TPSA) is 58.6 Å². The third kappa shape index (κ3) is 10.5. The second-order valence-corrected chi connectivity index (χ2v) is 5.13. The molecule has 0 rings (SSSR count). The molecule has 19 heavy (non-hydrogen) atoms. The number of nitrogens with zero attached hydrogens (tertiary/aromatic N) is 1. The number of ether oxygens (including phenoxy) is 1. The highest BCUT2D eigenvalue weighted by molar-refractivity contribution is 5.77. The van der Waals surface area contributed by atoms with Crippen LogP contribution in [0, 0.1) is 5.92 Å². The van der Waals surface area contributed by atoms with E-state index >= 15 is 0 Å². The normalized spacial score (nSPS) is 10.6. The molecule has 0 aliphatic heterocycles.